The number of amides is 2. The first kappa shape index (κ1) is 31.6. The molecule has 0 saturated heterocycles. The number of hydrogen-bond donors (Lipinski definition) is 2. The maximum atomic E-state index is 13.6. The fourth-order valence-electron chi connectivity index (χ4n) is 7.63. The summed E-state index contributed by atoms with van der Waals surface area (Å²) in [6.45, 7) is 4.41. The SMILES string of the molecule is CCCCCc1ccc(Oc2cc3c4c(c(N)c(Oc5ccc(CCCCC)cc5)c5c6cccc7cccc(c2c45)c76)C(=O)NC3=O)cc1. The van der Waals surface area contributed by atoms with Crippen molar-refractivity contribution in [1.29, 1.82) is 0 Å². The molecule has 0 aliphatic carbocycles. The van der Waals surface area contributed by atoms with Crippen molar-refractivity contribution in [1.82, 2.24) is 5.32 Å². The molecule has 0 spiro atoms. The molecule has 0 atom stereocenters. The summed E-state index contributed by atoms with van der Waals surface area (Å²) < 4.78 is 13.4. The van der Waals surface area contributed by atoms with E-state index in [0.29, 0.717) is 33.9 Å². The Hall–Kier alpha value is -5.62. The van der Waals surface area contributed by atoms with Gasteiger partial charge in [-0.05, 0) is 88.7 Å². The Balaban J connectivity index is 1.38. The average Bonchev–Trinajstić information content (AvgIpc) is 3.12. The minimum Gasteiger partial charge on any atom is -0.457 e. The van der Waals surface area contributed by atoms with E-state index >= 15 is 0 Å². The van der Waals surface area contributed by atoms with Gasteiger partial charge >= 0.3 is 0 Å². The maximum Gasteiger partial charge on any atom is 0.261 e. The zero-order valence-corrected chi connectivity index (χ0v) is 28.5. The third-order valence-corrected chi connectivity index (χ3v) is 10.1. The minimum atomic E-state index is -0.544. The second kappa shape index (κ2) is 13.0. The number of rotatable bonds is 12. The van der Waals surface area contributed by atoms with E-state index in [1.165, 1.54) is 36.8 Å². The standard InChI is InChI=1S/C44H40N2O4/c1-3-5-7-11-26-17-21-29(22-18-26)49-34-25-33-37-39-36(34)31-15-9-13-28-14-10-16-32(35(28)31)38(39)42(41(45)40(37)44(48)46-43(33)47)50-30-23-19-27(20-24-30)12-8-6-4-2/h9-10,13-25H,3-8,11-12,45H2,1-2H3,(H,46,47,48). The molecule has 0 aromatic heterocycles. The lowest BCUT2D eigenvalue weighted by atomic mass is 9.83. The Morgan fingerprint density at radius 3 is 1.78 bits per heavy atom. The first-order valence-corrected chi connectivity index (χ1v) is 17.8. The van der Waals surface area contributed by atoms with Gasteiger partial charge in [-0.1, -0.05) is 100 Å². The molecule has 7 aromatic rings. The normalized spacial score (nSPS) is 12.8. The number of benzene rings is 7. The van der Waals surface area contributed by atoms with Crippen molar-refractivity contribution in [2.75, 3.05) is 5.73 Å². The summed E-state index contributed by atoms with van der Waals surface area (Å²) in [4.78, 5) is 27.2. The Morgan fingerprint density at radius 2 is 1.18 bits per heavy atom. The van der Waals surface area contributed by atoms with Crippen LogP contribution in [0.2, 0.25) is 0 Å². The van der Waals surface area contributed by atoms with Gasteiger partial charge in [-0.3, -0.25) is 14.9 Å². The van der Waals surface area contributed by atoms with E-state index in [-0.39, 0.29) is 11.3 Å². The molecule has 0 radical (unpaired) electrons. The molecule has 1 aliphatic rings. The van der Waals surface area contributed by atoms with Gasteiger partial charge < -0.3 is 15.2 Å². The van der Waals surface area contributed by atoms with Gasteiger partial charge in [-0.25, -0.2) is 0 Å². The van der Waals surface area contributed by atoms with E-state index < -0.39 is 11.8 Å². The van der Waals surface area contributed by atoms with Crippen LogP contribution >= 0.6 is 0 Å². The lowest BCUT2D eigenvalue weighted by molar-refractivity contribution is 0.0845. The van der Waals surface area contributed by atoms with Crippen molar-refractivity contribution in [3.05, 3.63) is 113 Å². The molecule has 8 rings (SSSR count). The quantitative estimate of drug-likeness (QED) is 0.0447. The van der Waals surface area contributed by atoms with Gasteiger partial charge in [0.1, 0.15) is 17.2 Å². The molecule has 1 heterocycles. The lowest BCUT2D eigenvalue weighted by Crippen LogP contribution is -2.35. The van der Waals surface area contributed by atoms with E-state index in [0.717, 1.165) is 63.4 Å². The van der Waals surface area contributed by atoms with Crippen LogP contribution in [0, 0.1) is 0 Å². The maximum absolute atomic E-state index is 13.6. The molecule has 6 heteroatoms. The van der Waals surface area contributed by atoms with Crippen LogP contribution in [0.15, 0.2) is 91.0 Å². The van der Waals surface area contributed by atoms with Crippen LogP contribution < -0.4 is 20.5 Å². The molecular formula is C44H40N2O4. The van der Waals surface area contributed by atoms with Crippen molar-refractivity contribution in [2.24, 2.45) is 0 Å². The number of imide groups is 1. The molecule has 7 aromatic carbocycles. The molecule has 1 aliphatic heterocycles. The van der Waals surface area contributed by atoms with Crippen LogP contribution in [0.4, 0.5) is 5.69 Å². The second-order valence-corrected chi connectivity index (χ2v) is 13.4. The largest absolute Gasteiger partial charge is 0.457 e. The van der Waals surface area contributed by atoms with Crippen molar-refractivity contribution in [3.63, 3.8) is 0 Å². The van der Waals surface area contributed by atoms with Crippen molar-refractivity contribution in [3.8, 4) is 23.0 Å². The first-order chi connectivity index (χ1) is 24.5. The smallest absolute Gasteiger partial charge is 0.261 e. The second-order valence-electron chi connectivity index (χ2n) is 13.4. The monoisotopic (exact) mass is 660 g/mol. The third-order valence-electron chi connectivity index (χ3n) is 10.1. The molecule has 6 nitrogen and oxygen atoms in total. The zero-order chi connectivity index (χ0) is 34.4. The summed E-state index contributed by atoms with van der Waals surface area (Å²) >= 11 is 0. The highest BCUT2D eigenvalue weighted by Gasteiger charge is 2.34. The van der Waals surface area contributed by atoms with Crippen molar-refractivity contribution >= 4 is 60.6 Å². The van der Waals surface area contributed by atoms with Gasteiger partial charge in [0.2, 0.25) is 0 Å². The molecule has 0 unspecified atom stereocenters. The predicted octanol–water partition coefficient (Wildman–Crippen LogP) is 11.3. The van der Waals surface area contributed by atoms with E-state index in [2.05, 4.69) is 67.7 Å². The average molecular weight is 661 g/mol. The Bertz CT molecular complexity index is 2410. The highest BCUT2D eigenvalue weighted by atomic mass is 16.5. The number of fused-ring (bicyclic) bond motifs is 2. The van der Waals surface area contributed by atoms with Crippen molar-refractivity contribution in [2.45, 2.75) is 65.2 Å². The zero-order valence-electron chi connectivity index (χ0n) is 28.5. The number of nitrogens with one attached hydrogen (secondary N) is 1. The summed E-state index contributed by atoms with van der Waals surface area (Å²) in [6.07, 6.45) is 9.04. The fraction of sp³-hybridized carbons (Fsp3) is 0.227. The molecule has 3 N–H and O–H groups in total. The molecular weight excluding hydrogens is 620 g/mol. The number of carbonyl (C=O) groups excluding carboxylic acids is 2. The minimum absolute atomic E-state index is 0.195. The van der Waals surface area contributed by atoms with Crippen LogP contribution in [-0.2, 0) is 12.8 Å². The number of carbonyl (C=O) groups is 2. The van der Waals surface area contributed by atoms with Crippen LogP contribution in [0.25, 0.3) is 43.1 Å². The van der Waals surface area contributed by atoms with Gasteiger partial charge in [0.25, 0.3) is 11.8 Å². The molecule has 0 bridgehead atoms. The molecule has 50 heavy (non-hydrogen) atoms. The van der Waals surface area contributed by atoms with E-state index in [4.69, 9.17) is 15.2 Å². The number of ether oxygens (including phenoxy) is 2. The van der Waals surface area contributed by atoms with E-state index in [1.807, 2.05) is 36.4 Å². The Morgan fingerprint density at radius 1 is 0.600 bits per heavy atom. The Labute approximate surface area is 291 Å². The highest BCUT2D eigenvalue weighted by Crippen LogP contribution is 2.53. The third kappa shape index (κ3) is 5.36. The van der Waals surface area contributed by atoms with Gasteiger partial charge in [0, 0.05) is 21.5 Å². The molecule has 250 valence electrons. The molecule has 0 saturated carbocycles. The summed E-state index contributed by atoms with van der Waals surface area (Å²) in [7, 11) is 0. The summed E-state index contributed by atoms with van der Waals surface area (Å²) in [5, 5.41) is 9.28. The van der Waals surface area contributed by atoms with Gasteiger partial charge in [-0.15, -0.1) is 0 Å². The summed E-state index contributed by atoms with van der Waals surface area (Å²) in [5.41, 5.74) is 10.2. The molecule has 0 fully saturated rings. The van der Waals surface area contributed by atoms with Gasteiger partial charge in [0.15, 0.2) is 5.75 Å². The Kier molecular flexibility index (Phi) is 8.23. The van der Waals surface area contributed by atoms with Crippen LogP contribution in [0.5, 0.6) is 23.0 Å². The summed E-state index contributed by atoms with van der Waals surface area (Å²) in [5.74, 6) is 1.16. The van der Waals surface area contributed by atoms with Gasteiger partial charge in [0.05, 0.1) is 16.8 Å². The number of hydrogen-bond acceptors (Lipinski definition) is 5. The van der Waals surface area contributed by atoms with E-state index in [9.17, 15) is 9.59 Å². The number of anilines is 1. The fourth-order valence-corrected chi connectivity index (χ4v) is 7.63. The van der Waals surface area contributed by atoms with Crippen LogP contribution in [-0.4, -0.2) is 11.8 Å². The van der Waals surface area contributed by atoms with Crippen molar-refractivity contribution < 1.29 is 19.1 Å². The van der Waals surface area contributed by atoms with E-state index in [1.54, 1.807) is 6.07 Å². The number of nitrogens with two attached hydrogens (primary N) is 1. The number of aryl methyl sites for hydroxylation is 2. The van der Waals surface area contributed by atoms with Gasteiger partial charge in [-0.2, -0.15) is 0 Å². The predicted molar refractivity (Wildman–Crippen MR) is 203 cm³/mol. The topological polar surface area (TPSA) is 90.7 Å². The number of unbranched alkanes of at least 4 members (excludes halogenated alkanes) is 4. The van der Waals surface area contributed by atoms with Crippen LogP contribution in [0.1, 0.15) is 84.2 Å². The number of nitrogen functional groups attached to an aromatic ring is 1. The highest BCUT2D eigenvalue weighted by molar-refractivity contribution is 6.42. The molecule has 2 amide bonds. The first-order valence-electron chi connectivity index (χ1n) is 17.8. The lowest BCUT2D eigenvalue weighted by Gasteiger charge is -2.26. The summed E-state index contributed by atoms with van der Waals surface area (Å²) in [6, 6.07) is 30.4. The van der Waals surface area contributed by atoms with Crippen LogP contribution in [0.3, 0.4) is 0 Å².